The molecular weight excluding hydrogens is 384 g/mol. The molecule has 0 atom stereocenters. The largest absolute Gasteiger partial charge is 0.456 e. The fourth-order valence-electron chi connectivity index (χ4n) is 2.25. The lowest BCUT2D eigenvalue weighted by atomic mass is 10.2. The van der Waals surface area contributed by atoms with Crippen LogP contribution in [0.15, 0.2) is 59.1 Å². The molecule has 0 aliphatic heterocycles. The average Bonchev–Trinajstić information content (AvgIpc) is 3.16. The predicted octanol–water partition coefficient (Wildman–Crippen LogP) is 3.65. The van der Waals surface area contributed by atoms with Gasteiger partial charge in [-0.2, -0.15) is 4.98 Å². The zero-order valence-electron chi connectivity index (χ0n) is 14.7. The van der Waals surface area contributed by atoms with E-state index < -0.39 is 12.0 Å². The summed E-state index contributed by atoms with van der Waals surface area (Å²) in [5.41, 5.74) is 1.36. The van der Waals surface area contributed by atoms with Crippen LogP contribution in [0.4, 0.5) is 10.5 Å². The molecular formula is C19H17ClN4O4. The SMILES string of the molecule is O=C(NCCC(=O)OCc1nc(-c2cccc(Cl)c2)no1)Nc1ccccc1. The quantitative estimate of drug-likeness (QED) is 0.586. The van der Waals surface area contributed by atoms with Crippen molar-refractivity contribution in [1.82, 2.24) is 15.5 Å². The van der Waals surface area contributed by atoms with E-state index in [0.717, 1.165) is 0 Å². The van der Waals surface area contributed by atoms with Crippen LogP contribution in [-0.4, -0.2) is 28.7 Å². The number of nitrogens with one attached hydrogen (secondary N) is 2. The van der Waals surface area contributed by atoms with Crippen molar-refractivity contribution in [2.45, 2.75) is 13.0 Å². The van der Waals surface area contributed by atoms with Gasteiger partial charge >= 0.3 is 12.0 Å². The van der Waals surface area contributed by atoms with E-state index in [0.29, 0.717) is 22.1 Å². The third kappa shape index (κ3) is 5.82. The molecule has 0 saturated carbocycles. The van der Waals surface area contributed by atoms with Gasteiger partial charge in [0.25, 0.3) is 5.89 Å². The van der Waals surface area contributed by atoms with Gasteiger partial charge in [-0.25, -0.2) is 4.79 Å². The maximum absolute atomic E-state index is 11.8. The van der Waals surface area contributed by atoms with Gasteiger partial charge in [0, 0.05) is 22.8 Å². The first-order valence-corrected chi connectivity index (χ1v) is 8.82. The molecule has 0 aliphatic carbocycles. The zero-order valence-corrected chi connectivity index (χ0v) is 15.5. The number of amides is 2. The van der Waals surface area contributed by atoms with Crippen molar-refractivity contribution >= 4 is 29.3 Å². The number of anilines is 1. The van der Waals surface area contributed by atoms with Gasteiger partial charge < -0.3 is 19.9 Å². The summed E-state index contributed by atoms with van der Waals surface area (Å²) < 4.78 is 10.1. The maximum atomic E-state index is 11.8. The minimum absolute atomic E-state index is 0.0114. The summed E-state index contributed by atoms with van der Waals surface area (Å²) in [7, 11) is 0. The molecule has 0 spiro atoms. The Bertz CT molecular complexity index is 946. The summed E-state index contributed by atoms with van der Waals surface area (Å²) in [6.45, 7) is -0.0162. The van der Waals surface area contributed by atoms with Crippen LogP contribution in [0, 0.1) is 0 Å². The summed E-state index contributed by atoms with van der Waals surface area (Å²) in [4.78, 5) is 27.6. The van der Waals surface area contributed by atoms with Gasteiger partial charge in [-0.3, -0.25) is 4.79 Å². The van der Waals surface area contributed by atoms with Crippen molar-refractivity contribution in [1.29, 1.82) is 0 Å². The Kier molecular flexibility index (Phi) is 6.59. The number of benzene rings is 2. The molecule has 2 N–H and O–H groups in total. The fourth-order valence-corrected chi connectivity index (χ4v) is 2.44. The van der Waals surface area contributed by atoms with Gasteiger partial charge in [0.15, 0.2) is 6.61 Å². The van der Waals surface area contributed by atoms with Crippen molar-refractivity contribution in [3.63, 3.8) is 0 Å². The molecule has 3 rings (SSSR count). The first-order valence-electron chi connectivity index (χ1n) is 8.44. The van der Waals surface area contributed by atoms with E-state index in [4.69, 9.17) is 20.9 Å². The molecule has 9 heteroatoms. The molecule has 0 bridgehead atoms. The Morgan fingerprint density at radius 3 is 2.71 bits per heavy atom. The summed E-state index contributed by atoms with van der Waals surface area (Å²) in [6.07, 6.45) is 0.0114. The molecule has 0 radical (unpaired) electrons. The lowest BCUT2D eigenvalue weighted by molar-refractivity contribution is -0.145. The van der Waals surface area contributed by atoms with Crippen molar-refractivity contribution < 1.29 is 18.8 Å². The van der Waals surface area contributed by atoms with E-state index in [2.05, 4.69) is 20.8 Å². The van der Waals surface area contributed by atoms with Crippen LogP contribution in [-0.2, 0) is 16.1 Å². The highest BCUT2D eigenvalue weighted by molar-refractivity contribution is 6.30. The lowest BCUT2D eigenvalue weighted by Gasteiger charge is -2.07. The molecule has 28 heavy (non-hydrogen) atoms. The molecule has 2 aromatic carbocycles. The Balaban J connectivity index is 1.38. The molecule has 1 aromatic heterocycles. The number of ether oxygens (including phenoxy) is 1. The van der Waals surface area contributed by atoms with E-state index in [1.54, 1.807) is 36.4 Å². The second-order valence-corrected chi connectivity index (χ2v) is 6.12. The number of hydrogen-bond donors (Lipinski definition) is 2. The van der Waals surface area contributed by atoms with Crippen LogP contribution < -0.4 is 10.6 Å². The van der Waals surface area contributed by atoms with Gasteiger partial charge in [-0.05, 0) is 24.3 Å². The predicted molar refractivity (Wildman–Crippen MR) is 103 cm³/mol. The van der Waals surface area contributed by atoms with Crippen LogP contribution in [0.3, 0.4) is 0 Å². The fraction of sp³-hybridized carbons (Fsp3) is 0.158. The lowest BCUT2D eigenvalue weighted by Crippen LogP contribution is -2.30. The van der Waals surface area contributed by atoms with Crippen molar-refractivity contribution in [3.05, 3.63) is 65.5 Å². The van der Waals surface area contributed by atoms with Crippen LogP contribution in [0.25, 0.3) is 11.4 Å². The van der Waals surface area contributed by atoms with E-state index in [1.807, 2.05) is 18.2 Å². The Hall–Kier alpha value is -3.39. The highest BCUT2D eigenvalue weighted by Crippen LogP contribution is 2.20. The number of urea groups is 1. The van der Waals surface area contributed by atoms with Gasteiger partial charge in [-0.15, -0.1) is 0 Å². The molecule has 0 aliphatic rings. The number of hydrogen-bond acceptors (Lipinski definition) is 6. The number of rotatable bonds is 7. The Labute approximate surface area is 165 Å². The molecule has 8 nitrogen and oxygen atoms in total. The van der Waals surface area contributed by atoms with Crippen molar-refractivity contribution in [2.75, 3.05) is 11.9 Å². The van der Waals surface area contributed by atoms with Crippen molar-refractivity contribution in [3.8, 4) is 11.4 Å². The molecule has 144 valence electrons. The zero-order chi connectivity index (χ0) is 19.8. The molecule has 0 saturated heterocycles. The van der Waals surface area contributed by atoms with E-state index >= 15 is 0 Å². The Morgan fingerprint density at radius 1 is 1.11 bits per heavy atom. The number of para-hydroxylation sites is 1. The standard InChI is InChI=1S/C19H17ClN4O4/c20-14-6-4-5-13(11-14)18-23-16(28-24-18)12-27-17(25)9-10-21-19(26)22-15-7-2-1-3-8-15/h1-8,11H,9-10,12H2,(H2,21,22,26). The molecule has 3 aromatic rings. The summed E-state index contributed by atoms with van der Waals surface area (Å²) in [6, 6.07) is 15.6. The second-order valence-electron chi connectivity index (χ2n) is 5.68. The Morgan fingerprint density at radius 2 is 1.93 bits per heavy atom. The first kappa shape index (κ1) is 19.4. The summed E-state index contributed by atoms with van der Waals surface area (Å²) in [5.74, 6) is 0.0217. The number of carbonyl (C=O) groups is 2. The van der Waals surface area contributed by atoms with Crippen molar-refractivity contribution in [2.24, 2.45) is 0 Å². The highest BCUT2D eigenvalue weighted by atomic mass is 35.5. The highest BCUT2D eigenvalue weighted by Gasteiger charge is 2.12. The molecule has 0 unspecified atom stereocenters. The number of carbonyl (C=O) groups excluding carboxylic acids is 2. The number of aromatic nitrogens is 2. The van der Waals surface area contributed by atoms with E-state index in [-0.39, 0.29) is 25.5 Å². The maximum Gasteiger partial charge on any atom is 0.319 e. The smallest absolute Gasteiger partial charge is 0.319 e. The van der Waals surface area contributed by atoms with Gasteiger partial charge in [0.05, 0.1) is 6.42 Å². The van der Waals surface area contributed by atoms with E-state index in [9.17, 15) is 9.59 Å². The van der Waals surface area contributed by atoms with Gasteiger partial charge in [0.1, 0.15) is 0 Å². The number of esters is 1. The molecule has 0 fully saturated rings. The number of nitrogens with zero attached hydrogens (tertiary/aromatic N) is 2. The average molecular weight is 401 g/mol. The van der Waals surface area contributed by atoms with Crippen LogP contribution in [0.5, 0.6) is 0 Å². The van der Waals surface area contributed by atoms with E-state index in [1.165, 1.54) is 0 Å². The third-order valence-electron chi connectivity index (χ3n) is 3.55. The van der Waals surface area contributed by atoms with Gasteiger partial charge in [0.2, 0.25) is 5.82 Å². The van der Waals surface area contributed by atoms with Crippen LogP contribution in [0.2, 0.25) is 5.02 Å². The first-order chi connectivity index (χ1) is 13.6. The normalized spacial score (nSPS) is 10.3. The molecule has 2 amide bonds. The van der Waals surface area contributed by atoms with Crippen LogP contribution in [0.1, 0.15) is 12.3 Å². The van der Waals surface area contributed by atoms with Crippen LogP contribution >= 0.6 is 11.6 Å². The second kappa shape index (κ2) is 9.52. The van der Waals surface area contributed by atoms with Gasteiger partial charge in [-0.1, -0.05) is 47.1 Å². The summed E-state index contributed by atoms with van der Waals surface area (Å²) >= 11 is 5.93. The summed E-state index contributed by atoms with van der Waals surface area (Å²) in [5, 5.41) is 9.61. The molecule has 1 heterocycles. The minimum Gasteiger partial charge on any atom is -0.456 e. The topological polar surface area (TPSA) is 106 Å². The number of halogens is 1. The monoisotopic (exact) mass is 400 g/mol. The third-order valence-corrected chi connectivity index (χ3v) is 3.79. The minimum atomic E-state index is -0.498.